The predicted octanol–water partition coefficient (Wildman–Crippen LogP) is 2.53. The lowest BCUT2D eigenvalue weighted by molar-refractivity contribution is 0.208. The fourth-order valence-corrected chi connectivity index (χ4v) is 2.79. The third kappa shape index (κ3) is 3.70. The Bertz CT molecular complexity index is 436. The van der Waals surface area contributed by atoms with E-state index in [2.05, 4.69) is 24.1 Å². The summed E-state index contributed by atoms with van der Waals surface area (Å²) in [6, 6.07) is 5.65. The number of nitrogens with one attached hydrogen (secondary N) is 1. The summed E-state index contributed by atoms with van der Waals surface area (Å²) in [6.07, 6.45) is 2.04. The second-order valence-corrected chi connectivity index (χ2v) is 5.92. The molecule has 0 radical (unpaired) electrons. The first-order valence-electron chi connectivity index (χ1n) is 7.48. The van der Waals surface area contributed by atoms with Gasteiger partial charge in [-0.15, -0.1) is 0 Å². The summed E-state index contributed by atoms with van der Waals surface area (Å²) in [4.78, 5) is 2.09. The second-order valence-electron chi connectivity index (χ2n) is 5.92. The van der Waals surface area contributed by atoms with Crippen LogP contribution in [0.25, 0.3) is 0 Å². The lowest BCUT2D eigenvalue weighted by atomic mass is 9.97. The van der Waals surface area contributed by atoms with Gasteiger partial charge in [0.1, 0.15) is 5.82 Å². The van der Waals surface area contributed by atoms with E-state index in [-0.39, 0.29) is 18.3 Å². The molecule has 1 fully saturated rings. The molecular weight excluding hydrogens is 255 g/mol. The van der Waals surface area contributed by atoms with Crippen LogP contribution in [-0.4, -0.2) is 30.8 Å². The highest BCUT2D eigenvalue weighted by Crippen LogP contribution is 2.29. The highest BCUT2D eigenvalue weighted by Gasteiger charge is 2.23. The molecule has 0 bridgehead atoms. The minimum atomic E-state index is -0.161. The minimum Gasteiger partial charge on any atom is -0.396 e. The number of hydrogen-bond acceptors (Lipinski definition) is 3. The number of aliphatic hydroxyl groups excluding tert-OH is 1. The molecule has 0 saturated carbocycles. The Hall–Kier alpha value is -1.13. The quantitative estimate of drug-likeness (QED) is 0.870. The average Bonchev–Trinajstić information content (AvgIpc) is 2.45. The van der Waals surface area contributed by atoms with Gasteiger partial charge in [-0.1, -0.05) is 26.0 Å². The minimum absolute atomic E-state index is 0.161. The maximum absolute atomic E-state index is 14.3. The van der Waals surface area contributed by atoms with Gasteiger partial charge in [-0.25, -0.2) is 4.39 Å². The summed E-state index contributed by atoms with van der Waals surface area (Å²) in [5.41, 5.74) is 1.70. The Labute approximate surface area is 120 Å². The normalized spacial score (nSPS) is 19.6. The van der Waals surface area contributed by atoms with Crippen LogP contribution in [0.2, 0.25) is 0 Å². The van der Waals surface area contributed by atoms with E-state index in [1.165, 1.54) is 6.07 Å². The molecule has 0 aliphatic carbocycles. The number of para-hydroxylation sites is 1. The van der Waals surface area contributed by atoms with Crippen LogP contribution in [0.1, 0.15) is 32.3 Å². The molecule has 0 spiro atoms. The molecule has 1 unspecified atom stereocenters. The molecule has 20 heavy (non-hydrogen) atoms. The Morgan fingerprint density at radius 1 is 1.45 bits per heavy atom. The zero-order chi connectivity index (χ0) is 14.5. The summed E-state index contributed by atoms with van der Waals surface area (Å²) in [5, 5.41) is 12.7. The number of benzene rings is 1. The Morgan fingerprint density at radius 3 is 2.95 bits per heavy atom. The molecular formula is C16H25FN2O. The lowest BCUT2D eigenvalue weighted by Gasteiger charge is -2.35. The van der Waals surface area contributed by atoms with Crippen molar-refractivity contribution in [2.24, 2.45) is 5.92 Å². The van der Waals surface area contributed by atoms with Gasteiger partial charge in [0.25, 0.3) is 0 Å². The van der Waals surface area contributed by atoms with Gasteiger partial charge in [0, 0.05) is 32.3 Å². The molecule has 1 aromatic carbocycles. The van der Waals surface area contributed by atoms with Crippen molar-refractivity contribution in [1.82, 2.24) is 5.32 Å². The summed E-state index contributed by atoms with van der Waals surface area (Å²) in [6.45, 7) is 6.64. The molecule has 1 saturated heterocycles. The molecule has 4 heteroatoms. The zero-order valence-electron chi connectivity index (χ0n) is 12.4. The van der Waals surface area contributed by atoms with Crippen LogP contribution in [0.4, 0.5) is 10.1 Å². The van der Waals surface area contributed by atoms with Crippen molar-refractivity contribution in [3.63, 3.8) is 0 Å². The third-order valence-corrected chi connectivity index (χ3v) is 3.86. The maximum atomic E-state index is 14.3. The lowest BCUT2D eigenvalue weighted by Crippen LogP contribution is -2.38. The monoisotopic (exact) mass is 280 g/mol. The van der Waals surface area contributed by atoms with Crippen LogP contribution in [0.5, 0.6) is 0 Å². The first kappa shape index (κ1) is 15.3. The molecule has 1 aliphatic rings. The van der Waals surface area contributed by atoms with Crippen LogP contribution in [0.15, 0.2) is 18.2 Å². The molecule has 1 aliphatic heterocycles. The van der Waals surface area contributed by atoms with Gasteiger partial charge in [0.2, 0.25) is 0 Å². The van der Waals surface area contributed by atoms with Crippen molar-refractivity contribution < 1.29 is 9.50 Å². The van der Waals surface area contributed by atoms with Crippen molar-refractivity contribution in [3.8, 4) is 0 Å². The molecule has 1 atom stereocenters. The second kappa shape index (κ2) is 7.04. The summed E-state index contributed by atoms with van der Waals surface area (Å²) < 4.78 is 14.3. The van der Waals surface area contributed by atoms with Crippen LogP contribution in [-0.2, 0) is 6.54 Å². The Balaban J connectivity index is 2.20. The van der Waals surface area contributed by atoms with Crippen molar-refractivity contribution in [2.75, 3.05) is 24.6 Å². The van der Waals surface area contributed by atoms with E-state index in [9.17, 15) is 9.50 Å². The number of hydrogen-bond donors (Lipinski definition) is 2. The van der Waals surface area contributed by atoms with Gasteiger partial charge in [0.15, 0.2) is 0 Å². The van der Waals surface area contributed by atoms with Crippen LogP contribution < -0.4 is 10.2 Å². The number of aliphatic hydroxyl groups is 1. The highest BCUT2D eigenvalue weighted by molar-refractivity contribution is 5.55. The van der Waals surface area contributed by atoms with E-state index in [0.717, 1.165) is 31.5 Å². The summed E-state index contributed by atoms with van der Waals surface area (Å²) in [7, 11) is 0. The maximum Gasteiger partial charge on any atom is 0.146 e. The van der Waals surface area contributed by atoms with Crippen molar-refractivity contribution in [1.29, 1.82) is 0 Å². The van der Waals surface area contributed by atoms with E-state index in [0.29, 0.717) is 18.3 Å². The van der Waals surface area contributed by atoms with E-state index in [1.54, 1.807) is 6.07 Å². The fraction of sp³-hybridized carbons (Fsp3) is 0.625. The average molecular weight is 280 g/mol. The van der Waals surface area contributed by atoms with Gasteiger partial charge >= 0.3 is 0 Å². The van der Waals surface area contributed by atoms with E-state index in [1.807, 2.05) is 6.07 Å². The van der Waals surface area contributed by atoms with Crippen molar-refractivity contribution in [3.05, 3.63) is 29.6 Å². The van der Waals surface area contributed by atoms with Gasteiger partial charge in [-0.05, 0) is 30.4 Å². The molecule has 2 N–H and O–H groups in total. The number of halogens is 1. The molecule has 0 amide bonds. The smallest absolute Gasteiger partial charge is 0.146 e. The van der Waals surface area contributed by atoms with E-state index in [4.69, 9.17) is 0 Å². The summed E-state index contributed by atoms with van der Waals surface area (Å²) >= 11 is 0. The molecule has 0 aromatic heterocycles. The van der Waals surface area contributed by atoms with E-state index < -0.39 is 0 Å². The fourth-order valence-electron chi connectivity index (χ4n) is 2.79. The van der Waals surface area contributed by atoms with Gasteiger partial charge in [-0.2, -0.15) is 0 Å². The molecule has 3 nitrogen and oxygen atoms in total. The van der Waals surface area contributed by atoms with Crippen LogP contribution >= 0.6 is 0 Å². The topological polar surface area (TPSA) is 35.5 Å². The molecule has 1 heterocycles. The van der Waals surface area contributed by atoms with Gasteiger partial charge in [0.05, 0.1) is 5.69 Å². The number of rotatable bonds is 5. The van der Waals surface area contributed by atoms with Crippen LogP contribution in [0.3, 0.4) is 0 Å². The number of anilines is 1. The third-order valence-electron chi connectivity index (χ3n) is 3.86. The molecule has 112 valence electrons. The SMILES string of the molecule is CC(C)NCc1cccc(F)c1N1CCCC(CO)C1. The standard InChI is InChI=1S/C16H25FN2O/c1-12(2)18-9-14-6-3-7-15(17)16(14)19-8-4-5-13(10-19)11-20/h3,6-7,12-13,18,20H,4-5,8-11H2,1-2H3. The van der Waals surface area contributed by atoms with Gasteiger partial charge < -0.3 is 15.3 Å². The Kier molecular flexibility index (Phi) is 5.38. The predicted molar refractivity (Wildman–Crippen MR) is 80.4 cm³/mol. The summed E-state index contributed by atoms with van der Waals surface area (Å²) in [5.74, 6) is 0.0981. The van der Waals surface area contributed by atoms with Crippen LogP contribution in [0, 0.1) is 11.7 Å². The Morgan fingerprint density at radius 2 is 2.25 bits per heavy atom. The van der Waals surface area contributed by atoms with Crippen molar-refractivity contribution in [2.45, 2.75) is 39.3 Å². The first-order valence-corrected chi connectivity index (χ1v) is 7.48. The largest absolute Gasteiger partial charge is 0.396 e. The number of piperidine rings is 1. The van der Waals surface area contributed by atoms with Crippen molar-refractivity contribution >= 4 is 5.69 Å². The van der Waals surface area contributed by atoms with Gasteiger partial charge in [-0.3, -0.25) is 0 Å². The first-order chi connectivity index (χ1) is 9.61. The van der Waals surface area contributed by atoms with E-state index >= 15 is 0 Å². The number of nitrogens with zero attached hydrogens (tertiary/aromatic N) is 1. The molecule has 2 rings (SSSR count). The zero-order valence-corrected chi connectivity index (χ0v) is 12.4. The molecule has 1 aromatic rings. The highest BCUT2D eigenvalue weighted by atomic mass is 19.1.